The Hall–Kier alpha value is -0.490. The maximum Gasteiger partial charge on any atom is 0.152 e. The Labute approximate surface area is 127 Å². The molecule has 0 radical (unpaired) electrons. The van der Waals surface area contributed by atoms with Crippen LogP contribution in [-0.2, 0) is 0 Å². The van der Waals surface area contributed by atoms with Crippen LogP contribution in [0.25, 0.3) is 0 Å². The maximum absolute atomic E-state index is 9.91. The van der Waals surface area contributed by atoms with Crippen LogP contribution in [0.2, 0.25) is 0 Å². The van der Waals surface area contributed by atoms with Crippen LogP contribution in [0.15, 0.2) is 0 Å². The van der Waals surface area contributed by atoms with Gasteiger partial charge in [0.1, 0.15) is 61.5 Å². The second-order valence-corrected chi connectivity index (χ2v) is 5.70. The second-order valence-electron chi connectivity index (χ2n) is 5.70. The molecule has 8 atom stereocenters. The number of rotatable bonds is 8. The van der Waals surface area contributed by atoms with Crippen molar-refractivity contribution in [2.24, 2.45) is 5.92 Å². The lowest BCUT2D eigenvalue weighted by atomic mass is 9.87. The van der Waals surface area contributed by atoms with E-state index >= 15 is 0 Å². The molecular formula is C13H25O9+. The summed E-state index contributed by atoms with van der Waals surface area (Å²) in [4.78, 5) is 0. The van der Waals surface area contributed by atoms with Gasteiger partial charge in [-0.3, -0.25) is 0 Å². The van der Waals surface area contributed by atoms with Crippen molar-refractivity contribution < 1.29 is 46.0 Å². The van der Waals surface area contributed by atoms with E-state index < -0.39 is 61.9 Å². The van der Waals surface area contributed by atoms with Crippen molar-refractivity contribution in [2.75, 3.05) is 13.2 Å². The Morgan fingerprint density at radius 1 is 0.864 bits per heavy atom. The van der Waals surface area contributed by atoms with E-state index in [1.807, 2.05) is 0 Å². The highest BCUT2D eigenvalue weighted by atomic mass is 16.4. The van der Waals surface area contributed by atoms with E-state index in [9.17, 15) is 40.9 Å². The van der Waals surface area contributed by atoms with Crippen LogP contribution >= 0.6 is 0 Å². The number of hydrogen-bond donors (Lipinski definition) is 9. The van der Waals surface area contributed by atoms with E-state index in [4.69, 9.17) is 5.11 Å². The van der Waals surface area contributed by atoms with Gasteiger partial charge in [-0.15, -0.1) is 0 Å². The first kappa shape index (κ1) is 19.6. The molecule has 1 saturated carbocycles. The summed E-state index contributed by atoms with van der Waals surface area (Å²) in [5, 5.41) is 85.1. The Balaban J connectivity index is 2.62. The van der Waals surface area contributed by atoms with Crippen molar-refractivity contribution in [3.63, 3.8) is 0 Å². The first-order valence-electron chi connectivity index (χ1n) is 7.07. The third-order valence-corrected chi connectivity index (χ3v) is 4.15. The lowest BCUT2D eigenvalue weighted by molar-refractivity contribution is -0.140. The van der Waals surface area contributed by atoms with Crippen molar-refractivity contribution in [3.8, 4) is 0 Å². The first-order chi connectivity index (χ1) is 10.2. The van der Waals surface area contributed by atoms with Crippen LogP contribution in [-0.4, -0.2) is 102 Å². The largest absolute Gasteiger partial charge is 0.394 e. The number of hydrogen-bond acceptors (Lipinski definition) is 9. The van der Waals surface area contributed by atoms with Crippen LogP contribution < -0.4 is 0 Å². The summed E-state index contributed by atoms with van der Waals surface area (Å²) in [6.45, 7) is -1.27. The van der Waals surface area contributed by atoms with Gasteiger partial charge in [0.05, 0.1) is 13.2 Å². The highest BCUT2D eigenvalue weighted by Gasteiger charge is 2.52. The summed E-state index contributed by atoms with van der Waals surface area (Å²) in [7, 11) is 0. The average Bonchev–Trinajstić information content (AvgIpc) is 2.77. The molecule has 0 aliphatic heterocycles. The zero-order chi connectivity index (χ0) is 17.0. The Kier molecular flexibility index (Phi) is 7.46. The Morgan fingerprint density at radius 2 is 1.41 bits per heavy atom. The maximum atomic E-state index is 9.91. The summed E-state index contributed by atoms with van der Waals surface area (Å²) in [6.07, 6.45) is -11.2. The molecule has 1 aliphatic carbocycles. The molecule has 9 heteroatoms. The molecule has 0 aromatic rings. The molecule has 9 N–H and O–H groups in total. The van der Waals surface area contributed by atoms with Crippen LogP contribution in [0.3, 0.4) is 0 Å². The second kappa shape index (κ2) is 8.39. The summed E-state index contributed by atoms with van der Waals surface area (Å²) in [5.74, 6) is -0.319. The van der Waals surface area contributed by atoms with E-state index in [1.165, 1.54) is 0 Å². The Morgan fingerprint density at radius 3 is 1.91 bits per heavy atom. The molecule has 1 fully saturated rings. The molecule has 0 saturated heterocycles. The van der Waals surface area contributed by atoms with Crippen LogP contribution in [0.4, 0.5) is 0 Å². The minimum atomic E-state index is -1.90. The predicted molar refractivity (Wildman–Crippen MR) is 72.2 cm³/mol. The standard InChI is InChI=1S/C13H25O9/c14-3-6-5(1-7(16)10(6)19)2-8(17)11(20)13(22)12(21)9(18)4-15/h6-22H,1-4H2/q+1/t6-,7+,8+,9+,10+,11+,12+,13-/m0/s1. The summed E-state index contributed by atoms with van der Waals surface area (Å²) >= 11 is 0. The summed E-state index contributed by atoms with van der Waals surface area (Å²) in [6, 6.07) is 0. The van der Waals surface area contributed by atoms with Crippen molar-refractivity contribution in [1.82, 2.24) is 0 Å². The van der Waals surface area contributed by atoms with E-state index in [0.717, 1.165) is 0 Å². The van der Waals surface area contributed by atoms with Crippen molar-refractivity contribution in [3.05, 3.63) is 5.92 Å². The monoisotopic (exact) mass is 325 g/mol. The van der Waals surface area contributed by atoms with E-state index in [0.29, 0.717) is 5.92 Å². The highest BCUT2D eigenvalue weighted by Crippen LogP contribution is 2.37. The lowest BCUT2D eigenvalue weighted by Gasteiger charge is -2.28. The van der Waals surface area contributed by atoms with Gasteiger partial charge >= 0.3 is 0 Å². The molecule has 22 heavy (non-hydrogen) atoms. The zero-order valence-corrected chi connectivity index (χ0v) is 12.0. The highest BCUT2D eigenvalue weighted by molar-refractivity contribution is 5.11. The third kappa shape index (κ3) is 4.28. The quantitative estimate of drug-likeness (QED) is 0.198. The fourth-order valence-corrected chi connectivity index (χ4v) is 2.68. The van der Waals surface area contributed by atoms with Gasteiger partial charge < -0.3 is 46.0 Å². The topological polar surface area (TPSA) is 182 Å². The average molecular weight is 325 g/mol. The Bertz CT molecular complexity index is 329. The fraction of sp³-hybridized carbons (Fsp3) is 0.923. The molecule has 0 bridgehead atoms. The number of aliphatic hydroxyl groups is 9. The van der Waals surface area contributed by atoms with Gasteiger partial charge in [-0.2, -0.15) is 0 Å². The molecule has 0 unspecified atom stereocenters. The van der Waals surface area contributed by atoms with Crippen LogP contribution in [0, 0.1) is 11.8 Å². The molecular weight excluding hydrogens is 300 g/mol. The molecule has 9 nitrogen and oxygen atoms in total. The zero-order valence-electron chi connectivity index (χ0n) is 12.0. The van der Waals surface area contributed by atoms with Gasteiger partial charge in [0.25, 0.3) is 0 Å². The van der Waals surface area contributed by atoms with Gasteiger partial charge in [0, 0.05) is 0 Å². The van der Waals surface area contributed by atoms with E-state index in [1.54, 1.807) is 0 Å². The van der Waals surface area contributed by atoms with E-state index in [2.05, 4.69) is 0 Å². The third-order valence-electron chi connectivity index (χ3n) is 4.15. The van der Waals surface area contributed by atoms with Crippen molar-refractivity contribution in [2.45, 2.75) is 55.6 Å². The van der Waals surface area contributed by atoms with Crippen LogP contribution in [0.5, 0.6) is 0 Å². The molecule has 1 rings (SSSR count). The summed E-state index contributed by atoms with van der Waals surface area (Å²) < 4.78 is 0. The van der Waals surface area contributed by atoms with E-state index in [-0.39, 0.29) is 12.8 Å². The predicted octanol–water partition coefficient (Wildman–Crippen LogP) is -4.52. The van der Waals surface area contributed by atoms with Crippen molar-refractivity contribution in [1.29, 1.82) is 0 Å². The minimum Gasteiger partial charge on any atom is -0.394 e. The lowest BCUT2D eigenvalue weighted by Crippen LogP contribution is -2.50. The molecule has 130 valence electrons. The molecule has 0 aromatic heterocycles. The normalized spacial score (nSPS) is 32.6. The molecule has 0 spiro atoms. The summed E-state index contributed by atoms with van der Waals surface area (Å²) in [5.41, 5.74) is 0. The van der Waals surface area contributed by atoms with Gasteiger partial charge in [-0.05, 0) is 0 Å². The molecule has 0 aromatic carbocycles. The smallest absolute Gasteiger partial charge is 0.152 e. The number of aliphatic hydroxyl groups excluding tert-OH is 9. The molecule has 0 amide bonds. The first-order valence-corrected chi connectivity index (χ1v) is 7.07. The van der Waals surface area contributed by atoms with Crippen LogP contribution in [0.1, 0.15) is 12.8 Å². The van der Waals surface area contributed by atoms with Crippen molar-refractivity contribution >= 4 is 0 Å². The van der Waals surface area contributed by atoms with Gasteiger partial charge in [-0.25, -0.2) is 0 Å². The SMILES string of the molecule is OC[C@@H](O)[C@@H](O)[C@@H](O)[C@H](O)[C@H](O)C[C+]1C[C@@H](O)[C@H](O)[C@H]1CO. The fourth-order valence-electron chi connectivity index (χ4n) is 2.68. The van der Waals surface area contributed by atoms with Gasteiger partial charge in [0.15, 0.2) is 5.92 Å². The van der Waals surface area contributed by atoms with Gasteiger partial charge in [0.2, 0.25) is 0 Å². The van der Waals surface area contributed by atoms with Gasteiger partial charge in [-0.1, -0.05) is 0 Å². The molecule has 1 aliphatic rings. The minimum absolute atomic E-state index is 0.0358. The molecule has 0 heterocycles.